The molecule has 0 aliphatic heterocycles. The number of anilines is 2. The fourth-order valence-corrected chi connectivity index (χ4v) is 3.31. The van der Waals surface area contributed by atoms with Crippen molar-refractivity contribution in [1.29, 1.82) is 0 Å². The molecule has 0 unspecified atom stereocenters. The molecule has 8 heteroatoms. The first-order valence-electron chi connectivity index (χ1n) is 7.38. The third kappa shape index (κ3) is 5.20. The molecule has 1 amide bonds. The molecule has 134 valence electrons. The van der Waals surface area contributed by atoms with Crippen LogP contribution in [0.2, 0.25) is 0 Å². The smallest absolute Gasteiger partial charge is 0.245 e. The van der Waals surface area contributed by atoms with Crippen LogP contribution in [0.15, 0.2) is 46.9 Å². The Morgan fingerprint density at radius 1 is 1.24 bits per heavy atom. The minimum Gasteiger partial charge on any atom is -0.497 e. The molecule has 0 bridgehead atoms. The molecule has 0 spiro atoms. The molecule has 0 aliphatic rings. The molecule has 0 saturated carbocycles. The maximum absolute atomic E-state index is 12.3. The number of hydrogen-bond donors (Lipinski definition) is 1. The standard InChI is InChI=1S/C17H19BrN2O4S/c1-12-9-14(7-8-16(12)18)20(25(3,22)23)11-17(21)19-13-5-4-6-15(10-13)24-2/h4-10H,11H2,1-3H3,(H,19,21). The van der Waals surface area contributed by atoms with Gasteiger partial charge in [0.2, 0.25) is 15.9 Å². The van der Waals surface area contributed by atoms with Gasteiger partial charge in [-0.2, -0.15) is 0 Å². The van der Waals surface area contributed by atoms with E-state index in [0.717, 1.165) is 20.6 Å². The van der Waals surface area contributed by atoms with Gasteiger partial charge in [-0.15, -0.1) is 0 Å². The number of ether oxygens (including phenoxy) is 1. The third-order valence-corrected chi connectivity index (χ3v) is 5.50. The fourth-order valence-electron chi connectivity index (χ4n) is 2.22. The molecular formula is C17H19BrN2O4S. The average molecular weight is 427 g/mol. The summed E-state index contributed by atoms with van der Waals surface area (Å²) in [6.07, 6.45) is 1.07. The molecule has 2 rings (SSSR count). The molecule has 0 aromatic heterocycles. The monoisotopic (exact) mass is 426 g/mol. The van der Waals surface area contributed by atoms with E-state index in [2.05, 4.69) is 21.2 Å². The molecule has 0 saturated heterocycles. The second kappa shape index (κ2) is 7.88. The van der Waals surface area contributed by atoms with Crippen LogP contribution < -0.4 is 14.4 Å². The Morgan fingerprint density at radius 3 is 2.56 bits per heavy atom. The quantitative estimate of drug-likeness (QED) is 0.769. The first kappa shape index (κ1) is 19.3. The number of halogens is 1. The third-order valence-electron chi connectivity index (χ3n) is 3.47. The van der Waals surface area contributed by atoms with Crippen molar-refractivity contribution in [3.05, 3.63) is 52.5 Å². The van der Waals surface area contributed by atoms with Gasteiger partial charge in [-0.3, -0.25) is 9.10 Å². The predicted octanol–water partition coefficient (Wildman–Crippen LogP) is 3.17. The van der Waals surface area contributed by atoms with E-state index < -0.39 is 15.9 Å². The lowest BCUT2D eigenvalue weighted by molar-refractivity contribution is -0.114. The van der Waals surface area contributed by atoms with Crippen molar-refractivity contribution < 1.29 is 17.9 Å². The number of nitrogens with one attached hydrogen (secondary N) is 1. The maximum Gasteiger partial charge on any atom is 0.245 e. The van der Waals surface area contributed by atoms with Gasteiger partial charge in [-0.25, -0.2) is 8.42 Å². The first-order chi connectivity index (χ1) is 11.7. The van der Waals surface area contributed by atoms with Gasteiger partial charge in [-0.05, 0) is 42.8 Å². The van der Waals surface area contributed by atoms with Gasteiger partial charge in [0.15, 0.2) is 0 Å². The number of benzene rings is 2. The molecule has 2 aromatic carbocycles. The normalized spacial score (nSPS) is 11.0. The van der Waals surface area contributed by atoms with E-state index >= 15 is 0 Å². The number of rotatable bonds is 6. The highest BCUT2D eigenvalue weighted by Gasteiger charge is 2.21. The Morgan fingerprint density at radius 2 is 1.96 bits per heavy atom. The lowest BCUT2D eigenvalue weighted by Gasteiger charge is -2.22. The molecule has 0 fully saturated rings. The lowest BCUT2D eigenvalue weighted by atomic mass is 10.2. The summed E-state index contributed by atoms with van der Waals surface area (Å²) in [7, 11) is -2.09. The Kier molecular flexibility index (Phi) is 6.07. The second-order valence-electron chi connectivity index (χ2n) is 5.48. The average Bonchev–Trinajstić information content (AvgIpc) is 2.54. The number of amides is 1. The SMILES string of the molecule is COc1cccc(NC(=O)CN(c2ccc(Br)c(C)c2)S(C)(=O)=O)c1. The number of hydrogen-bond acceptors (Lipinski definition) is 4. The Balaban J connectivity index is 2.22. The summed E-state index contributed by atoms with van der Waals surface area (Å²) in [5.41, 5.74) is 1.84. The number of carbonyl (C=O) groups excluding carboxylic acids is 1. The predicted molar refractivity (Wildman–Crippen MR) is 103 cm³/mol. The number of carbonyl (C=O) groups is 1. The van der Waals surface area contributed by atoms with E-state index in [-0.39, 0.29) is 6.54 Å². The van der Waals surface area contributed by atoms with E-state index in [4.69, 9.17) is 4.74 Å². The highest BCUT2D eigenvalue weighted by molar-refractivity contribution is 9.10. The number of nitrogens with zero attached hydrogens (tertiary/aromatic N) is 1. The topological polar surface area (TPSA) is 75.7 Å². The maximum atomic E-state index is 12.3. The summed E-state index contributed by atoms with van der Waals surface area (Å²) < 4.78 is 31.3. The Labute approximate surface area is 156 Å². The summed E-state index contributed by atoms with van der Waals surface area (Å²) in [4.78, 5) is 12.3. The largest absolute Gasteiger partial charge is 0.497 e. The van der Waals surface area contributed by atoms with Gasteiger partial charge in [0.1, 0.15) is 12.3 Å². The molecule has 0 atom stereocenters. The van der Waals surface area contributed by atoms with Crippen LogP contribution >= 0.6 is 15.9 Å². The van der Waals surface area contributed by atoms with Gasteiger partial charge in [0.25, 0.3) is 0 Å². The fraction of sp³-hybridized carbons (Fsp3) is 0.235. The van der Waals surface area contributed by atoms with Gasteiger partial charge in [0, 0.05) is 16.2 Å². The van der Waals surface area contributed by atoms with Crippen molar-refractivity contribution in [3.8, 4) is 5.75 Å². The molecule has 25 heavy (non-hydrogen) atoms. The summed E-state index contributed by atoms with van der Waals surface area (Å²) >= 11 is 3.38. The molecule has 0 radical (unpaired) electrons. The summed E-state index contributed by atoms with van der Waals surface area (Å²) in [6.45, 7) is 1.53. The Hall–Kier alpha value is -2.06. The zero-order valence-corrected chi connectivity index (χ0v) is 16.5. The van der Waals surface area contributed by atoms with Crippen molar-refractivity contribution in [3.63, 3.8) is 0 Å². The molecule has 0 heterocycles. The molecule has 6 nitrogen and oxygen atoms in total. The zero-order chi connectivity index (χ0) is 18.6. The number of sulfonamides is 1. The van der Waals surface area contributed by atoms with Gasteiger partial charge >= 0.3 is 0 Å². The highest BCUT2D eigenvalue weighted by atomic mass is 79.9. The van der Waals surface area contributed by atoms with E-state index in [9.17, 15) is 13.2 Å². The molecular weight excluding hydrogens is 408 g/mol. The minimum absolute atomic E-state index is 0.322. The van der Waals surface area contributed by atoms with Crippen LogP contribution in [0.25, 0.3) is 0 Å². The van der Waals surface area contributed by atoms with Crippen LogP contribution in [0, 0.1) is 6.92 Å². The van der Waals surface area contributed by atoms with Crippen molar-refractivity contribution in [1.82, 2.24) is 0 Å². The zero-order valence-electron chi connectivity index (χ0n) is 14.1. The number of methoxy groups -OCH3 is 1. The van der Waals surface area contributed by atoms with Crippen LogP contribution in [-0.2, 0) is 14.8 Å². The van der Waals surface area contributed by atoms with Crippen LogP contribution in [0.4, 0.5) is 11.4 Å². The van der Waals surface area contributed by atoms with Crippen LogP contribution in [-0.4, -0.2) is 34.2 Å². The Bertz CT molecular complexity index is 884. The van der Waals surface area contributed by atoms with E-state index in [0.29, 0.717) is 17.1 Å². The van der Waals surface area contributed by atoms with Crippen molar-refractivity contribution in [2.24, 2.45) is 0 Å². The van der Waals surface area contributed by atoms with E-state index in [1.807, 2.05) is 6.92 Å². The number of aryl methyl sites for hydroxylation is 1. The van der Waals surface area contributed by atoms with Gasteiger partial charge in [0.05, 0.1) is 19.1 Å². The van der Waals surface area contributed by atoms with Crippen LogP contribution in [0.3, 0.4) is 0 Å². The van der Waals surface area contributed by atoms with E-state index in [1.165, 1.54) is 7.11 Å². The van der Waals surface area contributed by atoms with Crippen molar-refractivity contribution in [2.45, 2.75) is 6.92 Å². The van der Waals surface area contributed by atoms with E-state index in [1.54, 1.807) is 42.5 Å². The van der Waals surface area contributed by atoms with Gasteiger partial charge < -0.3 is 10.1 Å². The highest BCUT2D eigenvalue weighted by Crippen LogP contribution is 2.25. The lowest BCUT2D eigenvalue weighted by Crippen LogP contribution is -2.37. The molecule has 2 aromatic rings. The minimum atomic E-state index is -3.62. The molecule has 1 N–H and O–H groups in total. The summed E-state index contributed by atoms with van der Waals surface area (Å²) in [5.74, 6) is 0.153. The van der Waals surface area contributed by atoms with Crippen molar-refractivity contribution in [2.75, 3.05) is 29.5 Å². The first-order valence-corrected chi connectivity index (χ1v) is 10.0. The summed E-state index contributed by atoms with van der Waals surface area (Å²) in [6, 6.07) is 12.0. The second-order valence-corrected chi connectivity index (χ2v) is 8.24. The van der Waals surface area contributed by atoms with Crippen LogP contribution in [0.5, 0.6) is 5.75 Å². The van der Waals surface area contributed by atoms with Gasteiger partial charge in [-0.1, -0.05) is 22.0 Å². The summed E-state index contributed by atoms with van der Waals surface area (Å²) in [5, 5.41) is 2.68. The van der Waals surface area contributed by atoms with Crippen molar-refractivity contribution >= 4 is 43.2 Å². The van der Waals surface area contributed by atoms with Crippen LogP contribution in [0.1, 0.15) is 5.56 Å². The molecule has 0 aliphatic carbocycles.